The smallest absolute Gasteiger partial charge is 0.0795 e. The summed E-state index contributed by atoms with van der Waals surface area (Å²) in [4.78, 5) is 6.57. The molecule has 0 amide bonds. The number of nitrogens with zero attached hydrogens (tertiary/aromatic N) is 2. The van der Waals surface area contributed by atoms with Crippen LogP contribution in [0.5, 0.6) is 0 Å². The van der Waals surface area contributed by atoms with Crippen LogP contribution in [0.2, 0.25) is 0 Å². The summed E-state index contributed by atoms with van der Waals surface area (Å²) in [6.45, 7) is 3.04. The van der Waals surface area contributed by atoms with Crippen LogP contribution in [0.15, 0.2) is 35.2 Å². The third-order valence-corrected chi connectivity index (χ3v) is 3.58. The summed E-state index contributed by atoms with van der Waals surface area (Å²) in [5, 5.41) is 2.09. The maximum Gasteiger partial charge on any atom is 0.0795 e. The molecule has 0 radical (unpaired) electrons. The van der Waals surface area contributed by atoms with Gasteiger partial charge in [0.1, 0.15) is 0 Å². The number of anilines is 1. The second-order valence-electron chi connectivity index (χ2n) is 4.24. The molecule has 1 aromatic heterocycles. The molecular formula is C13H17N3S. The van der Waals surface area contributed by atoms with Crippen LogP contribution in [-0.2, 0) is 6.54 Å². The van der Waals surface area contributed by atoms with E-state index in [2.05, 4.69) is 35.3 Å². The summed E-state index contributed by atoms with van der Waals surface area (Å²) in [7, 11) is 2.10. The standard InChI is InChI=1S/C13H17N3S/c1-10(11-4-3-5-12(14)6-11)16(2)7-13-8-17-9-15-13/h3-6,8-10H,7,14H2,1-2H3. The highest BCUT2D eigenvalue weighted by Crippen LogP contribution is 2.22. The van der Waals surface area contributed by atoms with Crippen molar-refractivity contribution in [1.29, 1.82) is 0 Å². The van der Waals surface area contributed by atoms with E-state index >= 15 is 0 Å². The third-order valence-electron chi connectivity index (χ3n) is 2.95. The van der Waals surface area contributed by atoms with Gasteiger partial charge in [0, 0.05) is 23.7 Å². The van der Waals surface area contributed by atoms with Gasteiger partial charge >= 0.3 is 0 Å². The van der Waals surface area contributed by atoms with Crippen LogP contribution in [0.3, 0.4) is 0 Å². The molecule has 3 nitrogen and oxygen atoms in total. The molecule has 0 saturated heterocycles. The number of nitrogens with two attached hydrogens (primary N) is 1. The van der Waals surface area contributed by atoms with Gasteiger partial charge in [0.25, 0.3) is 0 Å². The molecule has 0 aliphatic rings. The van der Waals surface area contributed by atoms with Gasteiger partial charge < -0.3 is 5.73 Å². The quantitative estimate of drug-likeness (QED) is 0.845. The first kappa shape index (κ1) is 12.1. The van der Waals surface area contributed by atoms with Gasteiger partial charge in [-0.15, -0.1) is 11.3 Å². The lowest BCUT2D eigenvalue weighted by Crippen LogP contribution is -2.22. The van der Waals surface area contributed by atoms with Crippen LogP contribution >= 0.6 is 11.3 Å². The van der Waals surface area contributed by atoms with E-state index in [1.807, 2.05) is 23.7 Å². The van der Waals surface area contributed by atoms with Gasteiger partial charge in [0.2, 0.25) is 0 Å². The number of hydrogen-bond acceptors (Lipinski definition) is 4. The van der Waals surface area contributed by atoms with Crippen molar-refractivity contribution in [2.24, 2.45) is 0 Å². The molecule has 0 spiro atoms. The van der Waals surface area contributed by atoms with Crippen molar-refractivity contribution < 1.29 is 0 Å². The van der Waals surface area contributed by atoms with E-state index in [1.54, 1.807) is 11.3 Å². The molecule has 90 valence electrons. The first-order valence-electron chi connectivity index (χ1n) is 5.59. The molecular weight excluding hydrogens is 230 g/mol. The predicted octanol–water partition coefficient (Wildman–Crippen LogP) is 2.92. The van der Waals surface area contributed by atoms with Gasteiger partial charge in [-0.25, -0.2) is 4.98 Å². The van der Waals surface area contributed by atoms with Crippen molar-refractivity contribution in [2.75, 3.05) is 12.8 Å². The maximum absolute atomic E-state index is 5.80. The number of benzene rings is 1. The summed E-state index contributed by atoms with van der Waals surface area (Å²) in [5.74, 6) is 0. The Morgan fingerprint density at radius 1 is 1.47 bits per heavy atom. The highest BCUT2D eigenvalue weighted by Gasteiger charge is 2.12. The maximum atomic E-state index is 5.80. The van der Waals surface area contributed by atoms with E-state index in [4.69, 9.17) is 5.73 Å². The Balaban J connectivity index is 2.06. The summed E-state index contributed by atoms with van der Waals surface area (Å²) in [6.07, 6.45) is 0. The number of hydrogen-bond donors (Lipinski definition) is 1. The van der Waals surface area contributed by atoms with Crippen molar-refractivity contribution in [1.82, 2.24) is 9.88 Å². The lowest BCUT2D eigenvalue weighted by atomic mass is 10.1. The molecule has 1 atom stereocenters. The molecule has 2 N–H and O–H groups in total. The zero-order chi connectivity index (χ0) is 12.3. The largest absolute Gasteiger partial charge is 0.399 e. The SMILES string of the molecule is CC(c1cccc(N)c1)N(C)Cc1cscn1. The second kappa shape index (κ2) is 5.29. The van der Waals surface area contributed by atoms with E-state index in [9.17, 15) is 0 Å². The first-order valence-corrected chi connectivity index (χ1v) is 6.54. The normalized spacial score (nSPS) is 12.9. The molecule has 1 heterocycles. The minimum atomic E-state index is 0.334. The van der Waals surface area contributed by atoms with Gasteiger partial charge in [-0.2, -0.15) is 0 Å². The Labute approximate surface area is 106 Å². The fourth-order valence-electron chi connectivity index (χ4n) is 1.78. The molecule has 17 heavy (non-hydrogen) atoms. The molecule has 0 aliphatic heterocycles. The van der Waals surface area contributed by atoms with Crippen LogP contribution in [-0.4, -0.2) is 16.9 Å². The molecule has 0 saturated carbocycles. The fraction of sp³-hybridized carbons (Fsp3) is 0.308. The lowest BCUT2D eigenvalue weighted by molar-refractivity contribution is 0.250. The minimum absolute atomic E-state index is 0.334. The first-order chi connectivity index (χ1) is 8.16. The van der Waals surface area contributed by atoms with E-state index in [0.29, 0.717) is 6.04 Å². The predicted molar refractivity (Wildman–Crippen MR) is 72.9 cm³/mol. The zero-order valence-electron chi connectivity index (χ0n) is 10.1. The number of aromatic nitrogens is 1. The Morgan fingerprint density at radius 2 is 2.29 bits per heavy atom. The van der Waals surface area contributed by atoms with Crippen molar-refractivity contribution in [3.8, 4) is 0 Å². The van der Waals surface area contributed by atoms with Crippen LogP contribution in [0.4, 0.5) is 5.69 Å². The fourth-order valence-corrected chi connectivity index (χ4v) is 2.33. The van der Waals surface area contributed by atoms with Gasteiger partial charge in [-0.3, -0.25) is 4.90 Å². The number of thiazole rings is 1. The average Bonchev–Trinajstić information content (AvgIpc) is 2.80. The van der Waals surface area contributed by atoms with E-state index in [-0.39, 0.29) is 0 Å². The lowest BCUT2D eigenvalue weighted by Gasteiger charge is -2.24. The second-order valence-corrected chi connectivity index (χ2v) is 4.96. The van der Waals surface area contributed by atoms with Crippen LogP contribution in [0, 0.1) is 0 Å². The Morgan fingerprint density at radius 3 is 2.94 bits per heavy atom. The van der Waals surface area contributed by atoms with Gasteiger partial charge in [0.15, 0.2) is 0 Å². The van der Waals surface area contributed by atoms with E-state index in [1.165, 1.54) is 5.56 Å². The number of nitrogen functional groups attached to an aromatic ring is 1. The van der Waals surface area contributed by atoms with E-state index in [0.717, 1.165) is 17.9 Å². The molecule has 1 unspecified atom stereocenters. The Kier molecular flexibility index (Phi) is 3.76. The van der Waals surface area contributed by atoms with Crippen LogP contribution in [0.25, 0.3) is 0 Å². The molecule has 0 fully saturated rings. The molecule has 2 aromatic rings. The zero-order valence-corrected chi connectivity index (χ0v) is 10.9. The number of rotatable bonds is 4. The van der Waals surface area contributed by atoms with Gasteiger partial charge in [-0.1, -0.05) is 12.1 Å². The molecule has 0 aliphatic carbocycles. The molecule has 1 aromatic carbocycles. The summed E-state index contributed by atoms with van der Waals surface area (Å²) >= 11 is 1.63. The van der Waals surface area contributed by atoms with Crippen LogP contribution < -0.4 is 5.73 Å². The van der Waals surface area contributed by atoms with E-state index < -0.39 is 0 Å². The van der Waals surface area contributed by atoms with Crippen molar-refractivity contribution in [3.63, 3.8) is 0 Å². The van der Waals surface area contributed by atoms with Crippen molar-refractivity contribution >= 4 is 17.0 Å². The molecule has 4 heteroatoms. The highest BCUT2D eigenvalue weighted by atomic mass is 32.1. The van der Waals surface area contributed by atoms with Gasteiger partial charge in [-0.05, 0) is 31.7 Å². The molecule has 0 bridgehead atoms. The molecule has 2 rings (SSSR count). The Hall–Kier alpha value is -1.39. The Bertz CT molecular complexity index is 467. The summed E-state index contributed by atoms with van der Waals surface area (Å²) in [5.41, 5.74) is 10.8. The van der Waals surface area contributed by atoms with Crippen molar-refractivity contribution in [2.45, 2.75) is 19.5 Å². The monoisotopic (exact) mass is 247 g/mol. The summed E-state index contributed by atoms with van der Waals surface area (Å²) in [6, 6.07) is 8.38. The average molecular weight is 247 g/mol. The van der Waals surface area contributed by atoms with Gasteiger partial charge in [0.05, 0.1) is 11.2 Å². The van der Waals surface area contributed by atoms with Crippen LogP contribution in [0.1, 0.15) is 24.2 Å². The third kappa shape index (κ3) is 3.05. The minimum Gasteiger partial charge on any atom is -0.399 e. The van der Waals surface area contributed by atoms with Crippen molar-refractivity contribution in [3.05, 3.63) is 46.4 Å². The topological polar surface area (TPSA) is 42.1 Å². The highest BCUT2D eigenvalue weighted by molar-refractivity contribution is 7.07. The summed E-state index contributed by atoms with van der Waals surface area (Å²) < 4.78 is 0.